The largest absolute Gasteiger partial charge is 0.337 e. The standard InChI is InChI=1S/C15H17N5OS.ClH/c1-18-10-16-8-11(18)9-19-4-2-13-17-14-12(3-7-22-14)15(21)20(13)6-5-19;/h3,7-8,10H,2,4-6,9H2,1H3;1H. The summed E-state index contributed by atoms with van der Waals surface area (Å²) in [5, 5.41) is 2.68. The molecule has 3 aromatic rings. The molecule has 6 nitrogen and oxygen atoms in total. The van der Waals surface area contributed by atoms with Crippen LogP contribution in [0.1, 0.15) is 11.5 Å². The predicted octanol–water partition coefficient (Wildman–Crippen LogP) is 1.67. The van der Waals surface area contributed by atoms with Gasteiger partial charge in [0.25, 0.3) is 5.56 Å². The van der Waals surface area contributed by atoms with Gasteiger partial charge in [0.1, 0.15) is 10.7 Å². The number of fused-ring (bicyclic) bond motifs is 2. The maximum atomic E-state index is 12.6. The van der Waals surface area contributed by atoms with Gasteiger partial charge >= 0.3 is 0 Å². The summed E-state index contributed by atoms with van der Waals surface area (Å²) in [5.41, 5.74) is 1.29. The van der Waals surface area contributed by atoms with Gasteiger partial charge in [-0.05, 0) is 11.4 Å². The number of hydrogen-bond donors (Lipinski definition) is 0. The Bertz CT molecular complexity index is 884. The molecule has 0 radical (unpaired) electrons. The molecule has 0 amide bonds. The smallest absolute Gasteiger partial charge is 0.262 e. The Hall–Kier alpha value is -1.70. The summed E-state index contributed by atoms with van der Waals surface area (Å²) in [6, 6.07) is 1.88. The Morgan fingerprint density at radius 3 is 2.96 bits per heavy atom. The first-order valence-electron chi connectivity index (χ1n) is 7.37. The highest BCUT2D eigenvalue weighted by Gasteiger charge is 2.18. The van der Waals surface area contributed by atoms with E-state index in [-0.39, 0.29) is 18.0 Å². The van der Waals surface area contributed by atoms with Crippen molar-refractivity contribution in [3.63, 3.8) is 0 Å². The van der Waals surface area contributed by atoms with Gasteiger partial charge in [0, 0.05) is 45.8 Å². The quantitative estimate of drug-likeness (QED) is 0.704. The van der Waals surface area contributed by atoms with Crippen molar-refractivity contribution in [3.8, 4) is 0 Å². The van der Waals surface area contributed by atoms with E-state index in [1.807, 2.05) is 40.2 Å². The second kappa shape index (κ2) is 6.43. The number of nitrogens with zero attached hydrogens (tertiary/aromatic N) is 5. The molecule has 0 aliphatic carbocycles. The molecule has 23 heavy (non-hydrogen) atoms. The Morgan fingerprint density at radius 1 is 1.30 bits per heavy atom. The maximum absolute atomic E-state index is 12.6. The van der Waals surface area contributed by atoms with Gasteiger partial charge in [-0.3, -0.25) is 14.3 Å². The van der Waals surface area contributed by atoms with Gasteiger partial charge in [0.2, 0.25) is 0 Å². The van der Waals surface area contributed by atoms with E-state index in [2.05, 4.69) is 14.9 Å². The van der Waals surface area contributed by atoms with Crippen LogP contribution < -0.4 is 5.56 Å². The molecule has 4 heterocycles. The molecular formula is C15H18ClN5OS. The van der Waals surface area contributed by atoms with Crippen LogP contribution in [0.25, 0.3) is 10.2 Å². The minimum Gasteiger partial charge on any atom is -0.337 e. The van der Waals surface area contributed by atoms with Crippen LogP contribution in [0.3, 0.4) is 0 Å². The number of hydrogen-bond acceptors (Lipinski definition) is 5. The van der Waals surface area contributed by atoms with E-state index in [9.17, 15) is 4.79 Å². The van der Waals surface area contributed by atoms with Gasteiger partial charge < -0.3 is 4.57 Å². The van der Waals surface area contributed by atoms with Crippen molar-refractivity contribution < 1.29 is 0 Å². The lowest BCUT2D eigenvalue weighted by molar-refractivity contribution is 0.265. The summed E-state index contributed by atoms with van der Waals surface area (Å²) < 4.78 is 3.89. The lowest BCUT2D eigenvalue weighted by Gasteiger charge is -2.19. The van der Waals surface area contributed by atoms with Crippen LogP contribution in [0.2, 0.25) is 0 Å². The van der Waals surface area contributed by atoms with E-state index < -0.39 is 0 Å². The van der Waals surface area contributed by atoms with E-state index in [0.29, 0.717) is 6.54 Å². The van der Waals surface area contributed by atoms with Gasteiger partial charge in [0.05, 0.1) is 17.4 Å². The first-order valence-corrected chi connectivity index (χ1v) is 8.25. The second-order valence-electron chi connectivity index (χ2n) is 5.65. The number of imidazole rings is 1. The molecule has 4 rings (SSSR count). The second-order valence-corrected chi connectivity index (χ2v) is 6.54. The molecular weight excluding hydrogens is 334 g/mol. The number of halogens is 1. The molecule has 0 atom stereocenters. The third-order valence-corrected chi connectivity index (χ3v) is 5.06. The molecule has 0 unspecified atom stereocenters. The first-order chi connectivity index (χ1) is 10.7. The van der Waals surface area contributed by atoms with Crippen LogP contribution in [-0.4, -0.2) is 37.1 Å². The van der Waals surface area contributed by atoms with Crippen molar-refractivity contribution in [1.29, 1.82) is 0 Å². The van der Waals surface area contributed by atoms with Crippen LogP contribution in [0.15, 0.2) is 28.8 Å². The van der Waals surface area contributed by atoms with Gasteiger partial charge in [-0.1, -0.05) is 0 Å². The van der Waals surface area contributed by atoms with Gasteiger partial charge in [-0.2, -0.15) is 0 Å². The Morgan fingerprint density at radius 2 is 2.17 bits per heavy atom. The van der Waals surface area contributed by atoms with E-state index >= 15 is 0 Å². The van der Waals surface area contributed by atoms with E-state index in [1.165, 1.54) is 17.0 Å². The molecule has 0 spiro atoms. The van der Waals surface area contributed by atoms with Gasteiger partial charge in [0.15, 0.2) is 0 Å². The summed E-state index contributed by atoms with van der Waals surface area (Å²) in [6.45, 7) is 3.32. The van der Waals surface area contributed by atoms with Crippen LogP contribution in [-0.2, 0) is 26.6 Å². The molecule has 8 heteroatoms. The predicted molar refractivity (Wildman–Crippen MR) is 93.3 cm³/mol. The van der Waals surface area contributed by atoms with E-state index in [0.717, 1.165) is 42.1 Å². The first kappa shape index (κ1) is 16.2. The lowest BCUT2D eigenvalue weighted by Crippen LogP contribution is -2.29. The van der Waals surface area contributed by atoms with Crippen molar-refractivity contribution in [3.05, 3.63) is 45.8 Å². The Labute approximate surface area is 143 Å². The third-order valence-electron chi connectivity index (χ3n) is 4.26. The average molecular weight is 352 g/mol. The highest BCUT2D eigenvalue weighted by molar-refractivity contribution is 7.16. The maximum Gasteiger partial charge on any atom is 0.262 e. The molecule has 0 fully saturated rings. The zero-order valence-corrected chi connectivity index (χ0v) is 14.4. The van der Waals surface area contributed by atoms with Gasteiger partial charge in [-0.25, -0.2) is 9.97 Å². The third kappa shape index (κ3) is 2.91. The Balaban J connectivity index is 0.00000156. The fourth-order valence-electron chi connectivity index (χ4n) is 2.95. The average Bonchev–Trinajstić information content (AvgIpc) is 3.07. The number of thiophene rings is 1. The zero-order chi connectivity index (χ0) is 15.1. The lowest BCUT2D eigenvalue weighted by atomic mass is 10.3. The minimum absolute atomic E-state index is 0. The summed E-state index contributed by atoms with van der Waals surface area (Å²) in [6.07, 6.45) is 4.53. The normalized spacial score (nSPS) is 15.2. The fraction of sp³-hybridized carbons (Fsp3) is 0.400. The van der Waals surface area contributed by atoms with E-state index in [1.54, 1.807) is 0 Å². The molecule has 3 aromatic heterocycles. The topological polar surface area (TPSA) is 56.0 Å². The van der Waals surface area contributed by atoms with E-state index in [4.69, 9.17) is 0 Å². The van der Waals surface area contributed by atoms with Crippen LogP contribution >= 0.6 is 23.7 Å². The summed E-state index contributed by atoms with van der Waals surface area (Å²) in [7, 11) is 2.01. The molecule has 0 N–H and O–H groups in total. The van der Waals surface area contributed by atoms with Crippen molar-refractivity contribution >= 4 is 34.0 Å². The van der Waals surface area contributed by atoms with Crippen LogP contribution in [0.5, 0.6) is 0 Å². The fourth-order valence-corrected chi connectivity index (χ4v) is 3.72. The molecule has 0 bridgehead atoms. The summed E-state index contributed by atoms with van der Waals surface area (Å²) >= 11 is 1.54. The highest BCUT2D eigenvalue weighted by atomic mass is 35.5. The van der Waals surface area contributed by atoms with Crippen molar-refractivity contribution in [2.24, 2.45) is 7.05 Å². The van der Waals surface area contributed by atoms with Crippen molar-refractivity contribution in [2.45, 2.75) is 19.5 Å². The monoisotopic (exact) mass is 351 g/mol. The van der Waals surface area contributed by atoms with Gasteiger partial charge in [-0.15, -0.1) is 23.7 Å². The zero-order valence-electron chi connectivity index (χ0n) is 12.8. The van der Waals surface area contributed by atoms with Crippen molar-refractivity contribution in [1.82, 2.24) is 24.0 Å². The number of aryl methyl sites for hydroxylation is 1. The molecule has 1 aliphatic heterocycles. The SMILES string of the molecule is Cl.Cn1cncc1CN1CCc2nc3sccc3c(=O)n2CC1. The summed E-state index contributed by atoms with van der Waals surface area (Å²) in [4.78, 5) is 24.6. The molecule has 0 saturated heterocycles. The highest BCUT2D eigenvalue weighted by Crippen LogP contribution is 2.17. The molecule has 0 saturated carbocycles. The Kier molecular flexibility index (Phi) is 4.52. The molecule has 122 valence electrons. The van der Waals surface area contributed by atoms with Crippen LogP contribution in [0, 0.1) is 0 Å². The number of rotatable bonds is 2. The van der Waals surface area contributed by atoms with Crippen LogP contribution in [0.4, 0.5) is 0 Å². The molecule has 0 aromatic carbocycles. The summed E-state index contributed by atoms with van der Waals surface area (Å²) in [5.74, 6) is 0.910. The minimum atomic E-state index is 0. The number of aromatic nitrogens is 4. The van der Waals surface area contributed by atoms with Crippen molar-refractivity contribution in [2.75, 3.05) is 13.1 Å². The molecule has 1 aliphatic rings.